The molecule has 0 saturated carbocycles. The van der Waals surface area contributed by atoms with E-state index in [0.717, 1.165) is 4.90 Å². The Morgan fingerprint density at radius 2 is 1.81 bits per heavy atom. The molecule has 1 aliphatic heterocycles. The minimum absolute atomic E-state index is 0.116. The van der Waals surface area contributed by atoms with Crippen LogP contribution in [-0.4, -0.2) is 34.0 Å². The van der Waals surface area contributed by atoms with Crippen LogP contribution in [0.4, 0.5) is 10.5 Å². The molecule has 0 bridgehead atoms. The van der Waals surface area contributed by atoms with Crippen LogP contribution >= 0.6 is 23.4 Å². The zero-order valence-electron chi connectivity index (χ0n) is 18.7. The minimum Gasteiger partial charge on any atom is -0.493 e. The van der Waals surface area contributed by atoms with E-state index in [1.165, 1.54) is 49.6 Å². The topological polar surface area (TPSA) is 116 Å². The zero-order chi connectivity index (χ0) is 25.8. The van der Waals surface area contributed by atoms with E-state index >= 15 is 0 Å². The lowest BCUT2D eigenvalue weighted by Crippen LogP contribution is -2.27. The van der Waals surface area contributed by atoms with Gasteiger partial charge >= 0.3 is 5.97 Å². The van der Waals surface area contributed by atoms with Crippen molar-refractivity contribution in [2.75, 3.05) is 7.11 Å². The van der Waals surface area contributed by atoms with Gasteiger partial charge in [-0.1, -0.05) is 35.9 Å². The molecule has 0 aliphatic carbocycles. The molecule has 1 heterocycles. The largest absolute Gasteiger partial charge is 0.493 e. The predicted octanol–water partition coefficient (Wildman–Crippen LogP) is 5.71. The molecule has 9 nitrogen and oxygen atoms in total. The van der Waals surface area contributed by atoms with Crippen LogP contribution in [0, 0.1) is 10.1 Å². The smallest absolute Gasteiger partial charge is 0.343 e. The molecule has 182 valence electrons. The molecule has 0 aromatic heterocycles. The van der Waals surface area contributed by atoms with Gasteiger partial charge in [0, 0.05) is 16.7 Å². The van der Waals surface area contributed by atoms with Crippen LogP contribution in [0.1, 0.15) is 21.5 Å². The number of ether oxygens (including phenoxy) is 2. The van der Waals surface area contributed by atoms with Gasteiger partial charge in [-0.05, 0) is 59.8 Å². The molecule has 0 spiro atoms. The molecule has 11 heteroatoms. The number of hydrogen-bond acceptors (Lipinski definition) is 8. The molecule has 0 N–H and O–H groups in total. The van der Waals surface area contributed by atoms with E-state index in [1.54, 1.807) is 30.3 Å². The fraction of sp³-hybridized carbons (Fsp3) is 0.0800. The Hall–Kier alpha value is -4.15. The van der Waals surface area contributed by atoms with Gasteiger partial charge in [-0.25, -0.2) is 4.79 Å². The normalized spacial score (nSPS) is 14.3. The fourth-order valence-electron chi connectivity index (χ4n) is 3.39. The monoisotopic (exact) mass is 524 g/mol. The number of imide groups is 1. The molecule has 4 rings (SSSR count). The SMILES string of the molecule is COc1ccc(/C=C2\SC(=O)N(Cc3ccccc3[N+](=O)[O-])C2=O)cc1OC(=O)c1ccc(Cl)cc1. The average Bonchev–Trinajstić information content (AvgIpc) is 3.12. The lowest BCUT2D eigenvalue weighted by molar-refractivity contribution is -0.385. The van der Waals surface area contributed by atoms with E-state index < -0.39 is 22.0 Å². The number of nitro groups is 1. The van der Waals surface area contributed by atoms with E-state index in [4.69, 9.17) is 21.1 Å². The van der Waals surface area contributed by atoms with Crippen LogP contribution in [-0.2, 0) is 11.3 Å². The number of amides is 2. The number of halogens is 1. The minimum atomic E-state index is -0.633. The Bertz CT molecular complexity index is 1410. The maximum atomic E-state index is 12.9. The van der Waals surface area contributed by atoms with Gasteiger partial charge < -0.3 is 9.47 Å². The van der Waals surface area contributed by atoms with E-state index in [0.29, 0.717) is 28.1 Å². The van der Waals surface area contributed by atoms with Crippen molar-refractivity contribution in [2.24, 2.45) is 0 Å². The van der Waals surface area contributed by atoms with Gasteiger partial charge in [-0.3, -0.25) is 24.6 Å². The van der Waals surface area contributed by atoms with E-state index in [9.17, 15) is 24.5 Å². The second kappa shape index (κ2) is 10.6. The molecule has 1 fully saturated rings. The third-order valence-electron chi connectivity index (χ3n) is 5.16. The molecular formula is C25H17ClN2O7S. The average molecular weight is 525 g/mol. The fourth-order valence-corrected chi connectivity index (χ4v) is 4.35. The van der Waals surface area contributed by atoms with Crippen LogP contribution in [0.15, 0.2) is 71.6 Å². The highest BCUT2D eigenvalue weighted by atomic mass is 35.5. The molecule has 3 aromatic carbocycles. The standard InChI is InChI=1S/C25H17ClN2O7S/c1-34-20-11-6-15(12-21(20)35-24(30)16-7-9-18(26)10-8-16)13-22-23(29)27(25(31)36-22)14-17-4-2-3-5-19(17)28(32)33/h2-13H,14H2,1H3/b22-13-. The Labute approximate surface area is 214 Å². The highest BCUT2D eigenvalue weighted by Crippen LogP contribution is 2.36. The maximum absolute atomic E-state index is 12.9. The number of benzene rings is 3. The van der Waals surface area contributed by atoms with Crippen LogP contribution in [0.5, 0.6) is 11.5 Å². The summed E-state index contributed by atoms with van der Waals surface area (Å²) in [6.45, 7) is -0.230. The first kappa shape index (κ1) is 25.0. The van der Waals surface area contributed by atoms with Crippen molar-refractivity contribution < 1.29 is 28.8 Å². The van der Waals surface area contributed by atoms with E-state index in [-0.39, 0.29) is 34.0 Å². The number of para-hydroxylation sites is 1. The highest BCUT2D eigenvalue weighted by Gasteiger charge is 2.36. The lowest BCUT2D eigenvalue weighted by Gasteiger charge is -2.12. The number of esters is 1. The molecule has 0 atom stereocenters. The summed E-state index contributed by atoms with van der Waals surface area (Å²) in [5, 5.41) is 11.2. The predicted molar refractivity (Wildman–Crippen MR) is 134 cm³/mol. The first-order valence-electron chi connectivity index (χ1n) is 10.4. The Balaban J connectivity index is 1.57. The summed E-state index contributed by atoms with van der Waals surface area (Å²) in [6, 6.07) is 16.8. The zero-order valence-corrected chi connectivity index (χ0v) is 20.2. The third-order valence-corrected chi connectivity index (χ3v) is 6.32. The maximum Gasteiger partial charge on any atom is 0.343 e. The van der Waals surface area contributed by atoms with Crippen LogP contribution in [0.25, 0.3) is 6.08 Å². The Kier molecular flexibility index (Phi) is 7.37. The second-order valence-electron chi connectivity index (χ2n) is 7.46. The summed E-state index contributed by atoms with van der Waals surface area (Å²) in [5.41, 5.74) is 0.823. The molecule has 0 unspecified atom stereocenters. The van der Waals surface area contributed by atoms with Gasteiger partial charge in [0.15, 0.2) is 11.5 Å². The summed E-state index contributed by atoms with van der Waals surface area (Å²) < 4.78 is 10.8. The van der Waals surface area contributed by atoms with Gasteiger partial charge in [-0.15, -0.1) is 0 Å². The molecule has 3 aromatic rings. The summed E-state index contributed by atoms with van der Waals surface area (Å²) >= 11 is 6.58. The first-order valence-corrected chi connectivity index (χ1v) is 11.6. The van der Waals surface area contributed by atoms with Crippen molar-refractivity contribution in [1.82, 2.24) is 4.90 Å². The van der Waals surface area contributed by atoms with Crippen LogP contribution < -0.4 is 9.47 Å². The van der Waals surface area contributed by atoms with Crippen molar-refractivity contribution in [3.05, 3.63) is 103 Å². The van der Waals surface area contributed by atoms with Crippen LogP contribution in [0.3, 0.4) is 0 Å². The van der Waals surface area contributed by atoms with Crippen molar-refractivity contribution in [1.29, 1.82) is 0 Å². The van der Waals surface area contributed by atoms with E-state index in [1.807, 2.05) is 0 Å². The van der Waals surface area contributed by atoms with Gasteiger partial charge in [0.1, 0.15) is 0 Å². The number of hydrogen-bond donors (Lipinski definition) is 0. The number of nitrogens with zero attached hydrogens (tertiary/aromatic N) is 2. The van der Waals surface area contributed by atoms with Gasteiger partial charge in [0.05, 0.1) is 29.0 Å². The quantitative estimate of drug-likeness (QED) is 0.127. The number of nitro benzene ring substituents is 1. The first-order chi connectivity index (χ1) is 17.3. The van der Waals surface area contributed by atoms with Crippen molar-refractivity contribution in [2.45, 2.75) is 6.54 Å². The van der Waals surface area contributed by atoms with Gasteiger partial charge in [-0.2, -0.15) is 0 Å². The second-order valence-corrected chi connectivity index (χ2v) is 8.89. The summed E-state index contributed by atoms with van der Waals surface area (Å²) in [4.78, 5) is 49.8. The van der Waals surface area contributed by atoms with Crippen molar-refractivity contribution >= 4 is 52.2 Å². The summed E-state index contributed by atoms with van der Waals surface area (Å²) in [5.74, 6) is -0.810. The molecule has 2 amide bonds. The number of carbonyl (C=O) groups excluding carboxylic acids is 3. The van der Waals surface area contributed by atoms with Gasteiger partial charge in [0.2, 0.25) is 0 Å². The van der Waals surface area contributed by atoms with Crippen molar-refractivity contribution in [3.63, 3.8) is 0 Å². The Morgan fingerprint density at radius 3 is 2.50 bits per heavy atom. The number of carbonyl (C=O) groups is 3. The summed E-state index contributed by atoms with van der Waals surface area (Å²) in [7, 11) is 1.42. The number of rotatable bonds is 7. The third kappa shape index (κ3) is 5.40. The van der Waals surface area contributed by atoms with Crippen molar-refractivity contribution in [3.8, 4) is 11.5 Å². The molecular weight excluding hydrogens is 508 g/mol. The van der Waals surface area contributed by atoms with Gasteiger partial charge in [0.25, 0.3) is 16.8 Å². The number of thioether (sulfide) groups is 1. The summed E-state index contributed by atoms with van der Waals surface area (Å²) in [6.07, 6.45) is 1.48. The molecule has 0 radical (unpaired) electrons. The lowest BCUT2D eigenvalue weighted by atomic mass is 10.1. The van der Waals surface area contributed by atoms with Crippen LogP contribution in [0.2, 0.25) is 5.02 Å². The molecule has 1 saturated heterocycles. The number of methoxy groups -OCH3 is 1. The molecule has 1 aliphatic rings. The Morgan fingerprint density at radius 1 is 1.08 bits per heavy atom. The molecule has 36 heavy (non-hydrogen) atoms. The highest BCUT2D eigenvalue weighted by molar-refractivity contribution is 8.18. The van der Waals surface area contributed by atoms with E-state index in [2.05, 4.69) is 0 Å².